The summed E-state index contributed by atoms with van der Waals surface area (Å²) >= 11 is 10.6. The van der Waals surface area contributed by atoms with Crippen LogP contribution in [0, 0.1) is 0 Å². The highest BCUT2D eigenvalue weighted by Crippen LogP contribution is 2.34. The van der Waals surface area contributed by atoms with Gasteiger partial charge >= 0.3 is 0 Å². The quantitative estimate of drug-likeness (QED) is 0.713. The summed E-state index contributed by atoms with van der Waals surface area (Å²) in [5, 5.41) is 0. The zero-order valence-electron chi connectivity index (χ0n) is 10.2. The molecule has 0 fully saturated rings. The zero-order valence-corrected chi connectivity index (χ0v) is 14.9. The zero-order chi connectivity index (χ0) is 14.0. The van der Waals surface area contributed by atoms with Crippen LogP contribution in [0.15, 0.2) is 49.8 Å². The van der Waals surface area contributed by atoms with Gasteiger partial charge < -0.3 is 10.5 Å². The number of benzene rings is 2. The summed E-state index contributed by atoms with van der Waals surface area (Å²) in [6, 6.07) is 11.6. The summed E-state index contributed by atoms with van der Waals surface area (Å²) in [5.41, 5.74) is 8.40. The van der Waals surface area contributed by atoms with Crippen molar-refractivity contribution in [1.29, 1.82) is 0 Å². The molecule has 5 heteroatoms. The molecule has 2 aromatic carbocycles. The van der Waals surface area contributed by atoms with Gasteiger partial charge in [0.2, 0.25) is 0 Å². The molecule has 0 saturated heterocycles. The molecule has 0 heterocycles. The third-order valence-electron chi connectivity index (χ3n) is 2.84. The summed E-state index contributed by atoms with van der Waals surface area (Å²) in [7, 11) is 1.65. The molecule has 19 heavy (non-hydrogen) atoms. The van der Waals surface area contributed by atoms with E-state index in [-0.39, 0.29) is 6.04 Å². The van der Waals surface area contributed by atoms with Crippen molar-refractivity contribution in [1.82, 2.24) is 0 Å². The van der Waals surface area contributed by atoms with Crippen molar-refractivity contribution in [3.05, 3.63) is 60.9 Å². The number of methoxy groups -OCH3 is 1. The fourth-order valence-corrected chi connectivity index (χ4v) is 3.28. The van der Waals surface area contributed by atoms with Crippen LogP contribution in [0.5, 0.6) is 5.75 Å². The average molecular weight is 450 g/mol. The Morgan fingerprint density at radius 3 is 2.32 bits per heavy atom. The van der Waals surface area contributed by atoms with E-state index in [1.807, 2.05) is 36.4 Å². The maximum absolute atomic E-state index is 6.36. The van der Waals surface area contributed by atoms with E-state index in [4.69, 9.17) is 10.5 Å². The second-order valence-corrected chi connectivity index (χ2v) is 6.66. The minimum absolute atomic E-state index is 0.216. The minimum atomic E-state index is -0.216. The van der Waals surface area contributed by atoms with Crippen molar-refractivity contribution in [2.45, 2.75) is 6.04 Å². The molecule has 0 bridgehead atoms. The highest BCUT2D eigenvalue weighted by atomic mass is 79.9. The van der Waals surface area contributed by atoms with Gasteiger partial charge in [-0.25, -0.2) is 0 Å². The molecule has 0 aliphatic rings. The lowest BCUT2D eigenvalue weighted by Crippen LogP contribution is -2.13. The largest absolute Gasteiger partial charge is 0.497 e. The standard InChI is InChI=1S/C14H12Br3NO/c1-19-9-3-4-10(13(17)7-9)14(18)11-6-8(15)2-5-12(11)16/h2-7,14H,18H2,1H3. The van der Waals surface area contributed by atoms with Crippen LogP contribution in [-0.4, -0.2) is 7.11 Å². The smallest absolute Gasteiger partial charge is 0.120 e. The first-order valence-electron chi connectivity index (χ1n) is 5.57. The minimum Gasteiger partial charge on any atom is -0.497 e. The number of ether oxygens (including phenoxy) is 1. The van der Waals surface area contributed by atoms with E-state index in [0.29, 0.717) is 0 Å². The predicted octanol–water partition coefficient (Wildman–Crippen LogP) is 5.03. The van der Waals surface area contributed by atoms with Crippen molar-refractivity contribution >= 4 is 47.8 Å². The first kappa shape index (κ1) is 15.0. The number of rotatable bonds is 3. The summed E-state index contributed by atoms with van der Waals surface area (Å²) in [6.07, 6.45) is 0. The Hall–Kier alpha value is -0.360. The van der Waals surface area contributed by atoms with Crippen molar-refractivity contribution in [2.75, 3.05) is 7.11 Å². The molecule has 1 unspecified atom stereocenters. The molecule has 0 amide bonds. The Morgan fingerprint density at radius 1 is 0.947 bits per heavy atom. The third-order valence-corrected chi connectivity index (χ3v) is 4.74. The van der Waals surface area contributed by atoms with Crippen LogP contribution < -0.4 is 10.5 Å². The highest BCUT2D eigenvalue weighted by molar-refractivity contribution is 9.11. The van der Waals surface area contributed by atoms with Gasteiger partial charge in [0, 0.05) is 13.4 Å². The van der Waals surface area contributed by atoms with E-state index in [9.17, 15) is 0 Å². The number of hydrogen-bond donors (Lipinski definition) is 1. The van der Waals surface area contributed by atoms with Gasteiger partial charge in [0.25, 0.3) is 0 Å². The predicted molar refractivity (Wildman–Crippen MR) is 88.6 cm³/mol. The highest BCUT2D eigenvalue weighted by Gasteiger charge is 2.16. The van der Waals surface area contributed by atoms with E-state index in [0.717, 1.165) is 30.3 Å². The maximum Gasteiger partial charge on any atom is 0.120 e. The summed E-state index contributed by atoms with van der Waals surface area (Å²) in [5.74, 6) is 0.802. The molecule has 0 radical (unpaired) electrons. The monoisotopic (exact) mass is 447 g/mol. The van der Waals surface area contributed by atoms with Gasteiger partial charge in [0.15, 0.2) is 0 Å². The van der Waals surface area contributed by atoms with Crippen LogP contribution in [0.3, 0.4) is 0 Å². The Kier molecular flexibility index (Phi) is 5.06. The third kappa shape index (κ3) is 3.40. The Balaban J connectivity index is 2.43. The molecule has 0 aromatic heterocycles. The van der Waals surface area contributed by atoms with Crippen molar-refractivity contribution < 1.29 is 4.74 Å². The second kappa shape index (κ2) is 6.39. The van der Waals surface area contributed by atoms with Crippen LogP contribution in [0.4, 0.5) is 0 Å². The van der Waals surface area contributed by atoms with Crippen molar-refractivity contribution in [3.63, 3.8) is 0 Å². The molecule has 100 valence electrons. The van der Waals surface area contributed by atoms with Gasteiger partial charge in [-0.05, 0) is 41.5 Å². The Bertz CT molecular complexity index is 601. The van der Waals surface area contributed by atoms with Gasteiger partial charge in [-0.2, -0.15) is 0 Å². The van der Waals surface area contributed by atoms with Gasteiger partial charge in [0.05, 0.1) is 13.2 Å². The second-order valence-electron chi connectivity index (χ2n) is 4.03. The Morgan fingerprint density at radius 2 is 1.68 bits per heavy atom. The summed E-state index contributed by atoms with van der Waals surface area (Å²) in [6.45, 7) is 0. The first-order valence-corrected chi connectivity index (χ1v) is 7.95. The van der Waals surface area contributed by atoms with Gasteiger partial charge in [0.1, 0.15) is 5.75 Å². The molecule has 2 rings (SSSR count). The molecule has 2 N–H and O–H groups in total. The average Bonchev–Trinajstić information content (AvgIpc) is 2.40. The molecule has 0 saturated carbocycles. The molecule has 2 aromatic rings. The lowest BCUT2D eigenvalue weighted by Gasteiger charge is -2.17. The van der Waals surface area contributed by atoms with Crippen LogP contribution in [0.1, 0.15) is 17.2 Å². The number of halogens is 3. The summed E-state index contributed by atoms with van der Waals surface area (Å²) in [4.78, 5) is 0. The van der Waals surface area contributed by atoms with E-state index in [1.165, 1.54) is 0 Å². The van der Waals surface area contributed by atoms with E-state index in [2.05, 4.69) is 47.8 Å². The van der Waals surface area contributed by atoms with Crippen LogP contribution >= 0.6 is 47.8 Å². The van der Waals surface area contributed by atoms with Crippen LogP contribution in [0.2, 0.25) is 0 Å². The fourth-order valence-electron chi connectivity index (χ4n) is 1.81. The van der Waals surface area contributed by atoms with E-state index < -0.39 is 0 Å². The molecule has 0 aliphatic carbocycles. The molecular weight excluding hydrogens is 438 g/mol. The Labute approximate surface area is 137 Å². The number of nitrogens with two attached hydrogens (primary N) is 1. The van der Waals surface area contributed by atoms with Crippen molar-refractivity contribution in [3.8, 4) is 5.75 Å². The maximum atomic E-state index is 6.36. The molecule has 0 aliphatic heterocycles. The van der Waals surface area contributed by atoms with Gasteiger partial charge in [-0.3, -0.25) is 0 Å². The molecular formula is C14H12Br3NO. The van der Waals surface area contributed by atoms with Gasteiger partial charge in [-0.1, -0.05) is 53.9 Å². The van der Waals surface area contributed by atoms with Crippen molar-refractivity contribution in [2.24, 2.45) is 5.73 Å². The lowest BCUT2D eigenvalue weighted by molar-refractivity contribution is 0.414. The fraction of sp³-hybridized carbons (Fsp3) is 0.143. The molecule has 1 atom stereocenters. The first-order chi connectivity index (χ1) is 9.02. The topological polar surface area (TPSA) is 35.2 Å². The van der Waals surface area contributed by atoms with E-state index >= 15 is 0 Å². The molecule has 2 nitrogen and oxygen atoms in total. The van der Waals surface area contributed by atoms with Crippen LogP contribution in [-0.2, 0) is 0 Å². The SMILES string of the molecule is COc1ccc(C(N)c2cc(Br)ccc2Br)c(Br)c1. The molecule has 0 spiro atoms. The number of hydrogen-bond acceptors (Lipinski definition) is 2. The van der Waals surface area contributed by atoms with Crippen LogP contribution in [0.25, 0.3) is 0 Å². The normalized spacial score (nSPS) is 12.3. The summed E-state index contributed by atoms with van der Waals surface area (Å²) < 4.78 is 8.12. The van der Waals surface area contributed by atoms with E-state index in [1.54, 1.807) is 7.11 Å². The lowest BCUT2D eigenvalue weighted by atomic mass is 10.00. The van der Waals surface area contributed by atoms with Gasteiger partial charge in [-0.15, -0.1) is 0 Å².